The normalized spacial score (nSPS) is 10.5. The predicted molar refractivity (Wildman–Crippen MR) is 141 cm³/mol. The van der Waals surface area contributed by atoms with Crippen molar-refractivity contribution >= 4 is 32.7 Å². The second-order valence-electron chi connectivity index (χ2n) is 8.08. The molecule has 0 saturated carbocycles. The zero-order valence-electron chi connectivity index (χ0n) is 19.8. The van der Waals surface area contributed by atoms with Gasteiger partial charge in [-0.3, -0.25) is 15.1 Å². The quantitative estimate of drug-likeness (QED) is 0.325. The molecule has 2 aromatic carbocycles. The number of nitrogens with zero attached hydrogens (tertiary/aromatic N) is 5. The molecule has 1 amide bonds. The fourth-order valence-electron chi connectivity index (χ4n) is 3.86. The van der Waals surface area contributed by atoms with Gasteiger partial charge in [-0.25, -0.2) is 9.97 Å². The van der Waals surface area contributed by atoms with Crippen LogP contribution < -0.4 is 10.1 Å². The largest absolute Gasteiger partial charge is 0.496 e. The van der Waals surface area contributed by atoms with Crippen molar-refractivity contribution in [2.75, 3.05) is 12.4 Å². The van der Waals surface area contributed by atoms with Crippen LogP contribution in [0.5, 0.6) is 5.75 Å². The Morgan fingerprint density at radius 3 is 2.43 bits per heavy atom. The SMILES string of the molecule is COc1ccc(C#N)cc1-c1cc(C)ncc1C(=O)Nc1nc2ccc(-c3ccc(C#N)cc3)nc2s1. The minimum atomic E-state index is -0.390. The Balaban J connectivity index is 1.48. The van der Waals surface area contributed by atoms with Gasteiger partial charge in [-0.2, -0.15) is 10.5 Å². The second kappa shape index (κ2) is 9.86. The first-order chi connectivity index (χ1) is 18.0. The molecule has 0 radical (unpaired) electrons. The van der Waals surface area contributed by atoms with Crippen molar-refractivity contribution < 1.29 is 9.53 Å². The van der Waals surface area contributed by atoms with Crippen molar-refractivity contribution in [3.8, 4) is 40.3 Å². The monoisotopic (exact) mass is 502 g/mol. The number of pyridine rings is 2. The molecule has 3 heterocycles. The van der Waals surface area contributed by atoms with Gasteiger partial charge in [0.1, 0.15) is 16.1 Å². The Morgan fingerprint density at radius 1 is 0.946 bits per heavy atom. The number of anilines is 1. The molecular weight excluding hydrogens is 484 g/mol. The Kier molecular flexibility index (Phi) is 6.29. The predicted octanol–water partition coefficient (Wildman–Crippen LogP) is 5.73. The molecule has 5 rings (SSSR count). The number of thiazole rings is 1. The van der Waals surface area contributed by atoms with Gasteiger partial charge in [-0.1, -0.05) is 23.5 Å². The number of ether oxygens (including phenoxy) is 1. The molecule has 0 aliphatic rings. The maximum absolute atomic E-state index is 13.4. The van der Waals surface area contributed by atoms with Crippen molar-refractivity contribution in [1.29, 1.82) is 10.5 Å². The number of hydrogen-bond acceptors (Lipinski definition) is 8. The summed E-state index contributed by atoms with van der Waals surface area (Å²) in [5, 5.41) is 21.7. The van der Waals surface area contributed by atoms with Crippen LogP contribution in [-0.2, 0) is 0 Å². The van der Waals surface area contributed by atoms with Gasteiger partial charge in [-0.05, 0) is 55.5 Å². The number of methoxy groups -OCH3 is 1. The lowest BCUT2D eigenvalue weighted by molar-refractivity contribution is 0.102. The standard InChI is InChI=1S/C28H18N6O2S/c1-16-11-20(21-12-18(14-30)5-10-25(21)36-2)22(15-31-16)26(35)34-28-33-24-9-8-23(32-27(24)37-28)19-6-3-17(13-29)4-7-19/h3-12,15H,1-2H3,(H,33,34,35). The van der Waals surface area contributed by atoms with E-state index in [0.29, 0.717) is 49.0 Å². The van der Waals surface area contributed by atoms with Gasteiger partial charge in [0.15, 0.2) is 5.13 Å². The topological polar surface area (TPSA) is 125 Å². The fraction of sp³-hybridized carbons (Fsp3) is 0.0714. The second-order valence-corrected chi connectivity index (χ2v) is 9.06. The van der Waals surface area contributed by atoms with E-state index in [-0.39, 0.29) is 0 Å². The number of carbonyl (C=O) groups excluding carboxylic acids is 1. The number of rotatable bonds is 5. The average Bonchev–Trinajstić information content (AvgIpc) is 3.34. The summed E-state index contributed by atoms with van der Waals surface area (Å²) in [7, 11) is 1.54. The van der Waals surface area contributed by atoms with Gasteiger partial charge in [0.2, 0.25) is 0 Å². The Bertz CT molecular complexity index is 1750. The first kappa shape index (κ1) is 23.6. The van der Waals surface area contributed by atoms with Gasteiger partial charge in [0, 0.05) is 28.6 Å². The number of nitriles is 2. The first-order valence-electron chi connectivity index (χ1n) is 11.1. The highest BCUT2D eigenvalue weighted by atomic mass is 32.1. The highest BCUT2D eigenvalue weighted by Crippen LogP contribution is 2.34. The summed E-state index contributed by atoms with van der Waals surface area (Å²) in [6.45, 7) is 1.83. The maximum Gasteiger partial charge on any atom is 0.259 e. The van der Waals surface area contributed by atoms with E-state index in [1.54, 1.807) is 43.5 Å². The van der Waals surface area contributed by atoms with E-state index < -0.39 is 5.91 Å². The van der Waals surface area contributed by atoms with E-state index >= 15 is 0 Å². The van der Waals surface area contributed by atoms with Crippen LogP contribution in [-0.4, -0.2) is 28.0 Å². The number of hydrogen-bond donors (Lipinski definition) is 1. The number of carbonyl (C=O) groups is 1. The molecule has 5 aromatic rings. The Hall–Kier alpha value is -5.12. The van der Waals surface area contributed by atoms with Crippen LogP contribution in [0.25, 0.3) is 32.7 Å². The van der Waals surface area contributed by atoms with E-state index in [1.165, 1.54) is 17.5 Å². The van der Waals surface area contributed by atoms with Crippen molar-refractivity contribution in [1.82, 2.24) is 15.0 Å². The van der Waals surface area contributed by atoms with Crippen LogP contribution in [0.4, 0.5) is 5.13 Å². The molecule has 0 fully saturated rings. The van der Waals surface area contributed by atoms with Crippen LogP contribution in [0.3, 0.4) is 0 Å². The van der Waals surface area contributed by atoms with Crippen LogP contribution in [0.2, 0.25) is 0 Å². The summed E-state index contributed by atoms with van der Waals surface area (Å²) < 4.78 is 5.50. The molecule has 0 atom stereocenters. The molecule has 9 heteroatoms. The Morgan fingerprint density at radius 2 is 1.70 bits per heavy atom. The minimum Gasteiger partial charge on any atom is -0.496 e. The average molecular weight is 503 g/mol. The summed E-state index contributed by atoms with van der Waals surface area (Å²) >= 11 is 1.26. The number of aryl methyl sites for hydroxylation is 1. The highest BCUT2D eigenvalue weighted by molar-refractivity contribution is 7.22. The van der Waals surface area contributed by atoms with Crippen LogP contribution in [0.1, 0.15) is 27.2 Å². The van der Waals surface area contributed by atoms with Crippen LogP contribution in [0.15, 0.2) is 66.9 Å². The summed E-state index contributed by atoms with van der Waals surface area (Å²) in [6.07, 6.45) is 1.51. The van der Waals surface area contributed by atoms with Crippen LogP contribution in [0, 0.1) is 29.6 Å². The van der Waals surface area contributed by atoms with E-state index in [4.69, 9.17) is 10.00 Å². The molecule has 3 aromatic heterocycles. The van der Waals surface area contributed by atoms with Crippen molar-refractivity contribution in [2.24, 2.45) is 0 Å². The van der Waals surface area contributed by atoms with Crippen LogP contribution >= 0.6 is 11.3 Å². The number of benzene rings is 2. The smallest absolute Gasteiger partial charge is 0.259 e. The third kappa shape index (κ3) is 4.72. The van der Waals surface area contributed by atoms with Gasteiger partial charge in [-0.15, -0.1) is 0 Å². The third-order valence-electron chi connectivity index (χ3n) is 5.69. The molecule has 0 aliphatic carbocycles. The molecule has 8 nitrogen and oxygen atoms in total. The summed E-state index contributed by atoms with van der Waals surface area (Å²) in [6, 6.07) is 22.0. The highest BCUT2D eigenvalue weighted by Gasteiger charge is 2.19. The number of aromatic nitrogens is 3. The lowest BCUT2D eigenvalue weighted by atomic mass is 9.97. The van der Waals surface area contributed by atoms with E-state index in [9.17, 15) is 10.1 Å². The molecule has 0 unspecified atom stereocenters. The molecule has 37 heavy (non-hydrogen) atoms. The molecule has 0 spiro atoms. The van der Waals surface area contributed by atoms with E-state index in [1.807, 2.05) is 31.2 Å². The maximum atomic E-state index is 13.4. The summed E-state index contributed by atoms with van der Waals surface area (Å²) in [5.41, 5.74) is 5.57. The van der Waals surface area contributed by atoms with Gasteiger partial charge in [0.05, 0.1) is 41.6 Å². The lowest BCUT2D eigenvalue weighted by Crippen LogP contribution is -2.14. The molecular formula is C28H18N6O2S. The first-order valence-corrected chi connectivity index (χ1v) is 12.0. The minimum absolute atomic E-state index is 0.324. The zero-order chi connectivity index (χ0) is 25.9. The molecule has 1 N–H and O–H groups in total. The zero-order valence-corrected chi connectivity index (χ0v) is 20.6. The molecule has 0 bridgehead atoms. The van der Waals surface area contributed by atoms with Gasteiger partial charge >= 0.3 is 0 Å². The Labute approximate surface area is 216 Å². The van der Waals surface area contributed by atoms with Crippen molar-refractivity contribution in [3.05, 3.63) is 89.2 Å². The van der Waals surface area contributed by atoms with E-state index in [2.05, 4.69) is 32.4 Å². The summed E-state index contributed by atoms with van der Waals surface area (Å²) in [4.78, 5) is 27.5. The van der Waals surface area contributed by atoms with E-state index in [0.717, 1.165) is 17.0 Å². The molecule has 0 saturated heterocycles. The number of amides is 1. The van der Waals surface area contributed by atoms with Gasteiger partial charge in [0.25, 0.3) is 5.91 Å². The molecule has 178 valence electrons. The number of fused-ring (bicyclic) bond motifs is 1. The number of nitrogens with one attached hydrogen (secondary N) is 1. The van der Waals surface area contributed by atoms with Crippen molar-refractivity contribution in [2.45, 2.75) is 6.92 Å². The fourth-order valence-corrected chi connectivity index (χ4v) is 4.70. The van der Waals surface area contributed by atoms with Crippen molar-refractivity contribution in [3.63, 3.8) is 0 Å². The molecule has 0 aliphatic heterocycles. The van der Waals surface area contributed by atoms with Gasteiger partial charge < -0.3 is 4.74 Å². The third-order valence-corrected chi connectivity index (χ3v) is 6.57. The summed E-state index contributed by atoms with van der Waals surface area (Å²) in [5.74, 6) is 0.149. The lowest BCUT2D eigenvalue weighted by Gasteiger charge is -2.13.